The normalized spacial score (nSPS) is 18.5. The molecule has 1 saturated heterocycles. The molecular formula is C14H19N3O2. The van der Waals surface area contributed by atoms with Crippen molar-refractivity contribution in [3.63, 3.8) is 0 Å². The lowest BCUT2D eigenvalue weighted by Gasteiger charge is -2.17. The second kappa shape index (κ2) is 5.73. The van der Waals surface area contributed by atoms with Gasteiger partial charge < -0.3 is 15.5 Å². The number of aryl methyl sites for hydroxylation is 1. The Morgan fingerprint density at radius 3 is 2.68 bits per heavy atom. The van der Waals surface area contributed by atoms with E-state index in [2.05, 4.69) is 10.6 Å². The van der Waals surface area contributed by atoms with E-state index in [0.29, 0.717) is 19.5 Å². The summed E-state index contributed by atoms with van der Waals surface area (Å²) in [6.45, 7) is 4.97. The Morgan fingerprint density at radius 2 is 2.05 bits per heavy atom. The van der Waals surface area contributed by atoms with Crippen LogP contribution in [0.1, 0.15) is 18.9 Å². The van der Waals surface area contributed by atoms with E-state index < -0.39 is 0 Å². The zero-order valence-electron chi connectivity index (χ0n) is 11.3. The van der Waals surface area contributed by atoms with E-state index in [0.717, 1.165) is 11.3 Å². The molecule has 102 valence electrons. The standard InChI is InChI=1S/C14H19N3O2/c1-3-15-14(19)16-11-8-13(18)17(9-11)12-6-4-10(2)5-7-12/h4-7,11H,3,8-9H2,1-2H3,(H2,15,16,19)/t11-/m0/s1. The first-order valence-corrected chi connectivity index (χ1v) is 6.51. The van der Waals surface area contributed by atoms with Gasteiger partial charge in [-0.25, -0.2) is 4.79 Å². The fourth-order valence-corrected chi connectivity index (χ4v) is 2.18. The van der Waals surface area contributed by atoms with Crippen LogP contribution in [0.25, 0.3) is 0 Å². The highest BCUT2D eigenvalue weighted by Gasteiger charge is 2.31. The fourth-order valence-electron chi connectivity index (χ4n) is 2.18. The maximum atomic E-state index is 12.0. The van der Waals surface area contributed by atoms with Gasteiger partial charge in [-0.1, -0.05) is 17.7 Å². The van der Waals surface area contributed by atoms with Crippen molar-refractivity contribution in [1.82, 2.24) is 10.6 Å². The number of nitrogens with one attached hydrogen (secondary N) is 2. The van der Waals surface area contributed by atoms with Crippen LogP contribution in [0.4, 0.5) is 10.5 Å². The molecule has 1 heterocycles. The van der Waals surface area contributed by atoms with Gasteiger partial charge >= 0.3 is 6.03 Å². The highest BCUT2D eigenvalue weighted by atomic mass is 16.2. The summed E-state index contributed by atoms with van der Waals surface area (Å²) >= 11 is 0. The van der Waals surface area contributed by atoms with Crippen LogP contribution in [0.2, 0.25) is 0 Å². The van der Waals surface area contributed by atoms with E-state index >= 15 is 0 Å². The molecule has 0 saturated carbocycles. The zero-order valence-corrected chi connectivity index (χ0v) is 11.3. The smallest absolute Gasteiger partial charge is 0.315 e. The number of rotatable bonds is 3. The van der Waals surface area contributed by atoms with Crippen molar-refractivity contribution >= 4 is 17.6 Å². The van der Waals surface area contributed by atoms with Gasteiger partial charge in [0, 0.05) is 25.2 Å². The van der Waals surface area contributed by atoms with Gasteiger partial charge in [-0.2, -0.15) is 0 Å². The Morgan fingerprint density at radius 1 is 1.37 bits per heavy atom. The molecule has 2 N–H and O–H groups in total. The van der Waals surface area contributed by atoms with E-state index in [4.69, 9.17) is 0 Å². The number of hydrogen-bond acceptors (Lipinski definition) is 2. The van der Waals surface area contributed by atoms with Crippen LogP contribution < -0.4 is 15.5 Å². The summed E-state index contributed by atoms with van der Waals surface area (Å²) < 4.78 is 0. The van der Waals surface area contributed by atoms with Gasteiger partial charge in [0.1, 0.15) is 0 Å². The first-order valence-electron chi connectivity index (χ1n) is 6.51. The third kappa shape index (κ3) is 3.24. The molecule has 0 aliphatic carbocycles. The number of hydrogen-bond donors (Lipinski definition) is 2. The van der Waals surface area contributed by atoms with E-state index in [1.165, 1.54) is 0 Å². The zero-order chi connectivity index (χ0) is 13.8. The average molecular weight is 261 g/mol. The number of amides is 3. The van der Waals surface area contributed by atoms with Gasteiger partial charge in [0.05, 0.1) is 6.04 Å². The molecule has 0 bridgehead atoms. The van der Waals surface area contributed by atoms with E-state index in [1.807, 2.05) is 38.1 Å². The van der Waals surface area contributed by atoms with Crippen LogP contribution in [-0.2, 0) is 4.79 Å². The summed E-state index contributed by atoms with van der Waals surface area (Å²) in [5.74, 6) is 0.0469. The highest BCUT2D eigenvalue weighted by Crippen LogP contribution is 2.21. The van der Waals surface area contributed by atoms with Crippen LogP contribution in [0, 0.1) is 6.92 Å². The minimum atomic E-state index is -0.217. The van der Waals surface area contributed by atoms with Gasteiger partial charge in [-0.15, -0.1) is 0 Å². The van der Waals surface area contributed by atoms with Gasteiger partial charge in [0.15, 0.2) is 0 Å². The van der Waals surface area contributed by atoms with Crippen molar-refractivity contribution in [3.05, 3.63) is 29.8 Å². The van der Waals surface area contributed by atoms with Crippen molar-refractivity contribution in [2.24, 2.45) is 0 Å². The van der Waals surface area contributed by atoms with E-state index in [-0.39, 0.29) is 18.0 Å². The van der Waals surface area contributed by atoms with E-state index in [1.54, 1.807) is 4.90 Å². The van der Waals surface area contributed by atoms with Gasteiger partial charge in [-0.3, -0.25) is 4.79 Å². The molecule has 2 rings (SSSR count). The predicted molar refractivity (Wildman–Crippen MR) is 74.1 cm³/mol. The maximum absolute atomic E-state index is 12.0. The predicted octanol–water partition coefficient (Wildman–Crippen LogP) is 1.42. The first kappa shape index (κ1) is 13.4. The number of anilines is 1. The average Bonchev–Trinajstić information content (AvgIpc) is 2.71. The molecule has 5 nitrogen and oxygen atoms in total. The van der Waals surface area contributed by atoms with Crippen molar-refractivity contribution in [2.75, 3.05) is 18.0 Å². The lowest BCUT2D eigenvalue weighted by molar-refractivity contribution is -0.117. The van der Waals surface area contributed by atoms with Crippen molar-refractivity contribution in [3.8, 4) is 0 Å². The molecular weight excluding hydrogens is 242 g/mol. The Labute approximate surface area is 113 Å². The van der Waals surface area contributed by atoms with Crippen molar-refractivity contribution < 1.29 is 9.59 Å². The molecule has 3 amide bonds. The van der Waals surface area contributed by atoms with Crippen LogP contribution in [0.15, 0.2) is 24.3 Å². The lowest BCUT2D eigenvalue weighted by atomic mass is 10.2. The van der Waals surface area contributed by atoms with Crippen LogP contribution in [-0.4, -0.2) is 31.1 Å². The Bertz CT molecular complexity index is 470. The quantitative estimate of drug-likeness (QED) is 0.864. The molecule has 1 fully saturated rings. The largest absolute Gasteiger partial charge is 0.338 e. The molecule has 1 atom stereocenters. The highest BCUT2D eigenvalue weighted by molar-refractivity contribution is 5.96. The molecule has 1 aromatic rings. The summed E-state index contributed by atoms with van der Waals surface area (Å²) in [7, 11) is 0. The molecule has 1 aliphatic rings. The second-order valence-electron chi connectivity index (χ2n) is 4.74. The monoisotopic (exact) mass is 261 g/mol. The lowest BCUT2D eigenvalue weighted by Crippen LogP contribution is -2.43. The minimum Gasteiger partial charge on any atom is -0.338 e. The number of carbonyl (C=O) groups excluding carboxylic acids is 2. The summed E-state index contributed by atoms with van der Waals surface area (Å²) in [5.41, 5.74) is 2.04. The molecule has 0 spiro atoms. The Kier molecular flexibility index (Phi) is 4.04. The van der Waals surface area contributed by atoms with Crippen molar-refractivity contribution in [1.29, 1.82) is 0 Å². The Balaban J connectivity index is 1.99. The second-order valence-corrected chi connectivity index (χ2v) is 4.74. The van der Waals surface area contributed by atoms with E-state index in [9.17, 15) is 9.59 Å². The molecule has 1 aliphatic heterocycles. The van der Waals surface area contributed by atoms with Crippen LogP contribution in [0.3, 0.4) is 0 Å². The minimum absolute atomic E-state index is 0.0469. The summed E-state index contributed by atoms with van der Waals surface area (Å²) in [5, 5.41) is 5.48. The van der Waals surface area contributed by atoms with Crippen LogP contribution in [0.5, 0.6) is 0 Å². The topological polar surface area (TPSA) is 61.4 Å². The summed E-state index contributed by atoms with van der Waals surface area (Å²) in [4.78, 5) is 25.1. The maximum Gasteiger partial charge on any atom is 0.315 e. The van der Waals surface area contributed by atoms with Gasteiger partial charge in [0.25, 0.3) is 0 Å². The molecule has 0 radical (unpaired) electrons. The van der Waals surface area contributed by atoms with Gasteiger partial charge in [0.2, 0.25) is 5.91 Å². The molecule has 1 aromatic carbocycles. The number of urea groups is 1. The van der Waals surface area contributed by atoms with Gasteiger partial charge in [-0.05, 0) is 26.0 Å². The summed E-state index contributed by atoms with van der Waals surface area (Å²) in [6.07, 6.45) is 0.352. The van der Waals surface area contributed by atoms with Crippen molar-refractivity contribution in [2.45, 2.75) is 26.3 Å². The molecule has 5 heteroatoms. The fraction of sp³-hybridized carbons (Fsp3) is 0.429. The summed E-state index contributed by atoms with van der Waals surface area (Å²) in [6, 6.07) is 7.48. The third-order valence-electron chi connectivity index (χ3n) is 3.14. The third-order valence-corrected chi connectivity index (χ3v) is 3.14. The molecule has 0 unspecified atom stereocenters. The molecule has 0 aromatic heterocycles. The number of carbonyl (C=O) groups is 2. The SMILES string of the molecule is CCNC(=O)N[C@H]1CC(=O)N(c2ccc(C)cc2)C1. The van der Waals surface area contributed by atoms with Crippen LogP contribution >= 0.6 is 0 Å². The molecule has 19 heavy (non-hydrogen) atoms. The number of benzene rings is 1. The Hall–Kier alpha value is -2.04. The number of nitrogens with zero attached hydrogens (tertiary/aromatic N) is 1. The first-order chi connectivity index (χ1) is 9.10.